The van der Waals surface area contributed by atoms with Crippen molar-refractivity contribution >= 4 is 21.9 Å². The van der Waals surface area contributed by atoms with Crippen molar-refractivity contribution in [2.24, 2.45) is 5.41 Å². The highest BCUT2D eigenvalue weighted by molar-refractivity contribution is 7.89. The lowest BCUT2D eigenvalue weighted by molar-refractivity contribution is -0.168. The van der Waals surface area contributed by atoms with E-state index in [1.54, 1.807) is 36.9 Å². The summed E-state index contributed by atoms with van der Waals surface area (Å²) in [6.45, 7) is 6.47. The van der Waals surface area contributed by atoms with E-state index in [1.165, 1.54) is 24.4 Å². The van der Waals surface area contributed by atoms with E-state index in [4.69, 9.17) is 9.47 Å². The zero-order valence-corrected chi connectivity index (χ0v) is 18.8. The third-order valence-corrected chi connectivity index (χ3v) is 8.00. The molecule has 9 heteroatoms. The molecule has 1 spiro atoms. The third-order valence-electron chi connectivity index (χ3n) is 6.10. The third kappa shape index (κ3) is 4.46. The van der Waals surface area contributed by atoms with Crippen LogP contribution in [0.15, 0.2) is 29.2 Å². The maximum absolute atomic E-state index is 13.0. The Morgan fingerprint density at radius 1 is 1.10 bits per heavy atom. The van der Waals surface area contributed by atoms with Crippen LogP contribution in [0.1, 0.15) is 40.0 Å². The minimum Gasteiger partial charge on any atom is -0.497 e. The number of ether oxygens (including phenoxy) is 2. The molecular formula is C21H30N2O6S. The highest BCUT2D eigenvalue weighted by Gasteiger charge is 2.47. The number of nitrogens with zero attached hydrogens (tertiary/aromatic N) is 2. The molecule has 0 atom stereocenters. The number of methoxy groups -OCH3 is 1. The molecular weight excluding hydrogens is 408 g/mol. The molecule has 1 aromatic carbocycles. The summed E-state index contributed by atoms with van der Waals surface area (Å²) < 4.78 is 37.9. The second-order valence-electron chi connectivity index (χ2n) is 8.66. The first-order valence-corrected chi connectivity index (χ1v) is 11.6. The second kappa shape index (κ2) is 8.19. The van der Waals surface area contributed by atoms with Crippen molar-refractivity contribution in [3.8, 4) is 5.75 Å². The molecule has 1 aromatic rings. The van der Waals surface area contributed by atoms with Crippen molar-refractivity contribution < 1.29 is 27.5 Å². The normalized spacial score (nSPS) is 19.7. The molecule has 0 aromatic heterocycles. The van der Waals surface area contributed by atoms with Gasteiger partial charge in [0.25, 0.3) is 5.91 Å². The van der Waals surface area contributed by atoms with Gasteiger partial charge in [0.15, 0.2) is 5.60 Å². The number of hydrogen-bond donors (Lipinski definition) is 0. The Kier molecular flexibility index (Phi) is 6.15. The highest BCUT2D eigenvalue weighted by atomic mass is 32.2. The first-order valence-electron chi connectivity index (χ1n) is 10.1. The summed E-state index contributed by atoms with van der Waals surface area (Å²) in [6, 6.07) is 6.50. The molecule has 0 unspecified atom stereocenters. The molecule has 3 rings (SSSR count). The molecule has 2 aliphatic heterocycles. The van der Waals surface area contributed by atoms with E-state index < -0.39 is 21.6 Å². The molecule has 8 nitrogen and oxygen atoms in total. The standard InChI is InChI=1S/C21H30N2O6S/c1-16(24)29-20(2,3)19(25)22-11-8-21(15-22)9-12-23(13-10-21)30(26,27)18-7-5-6-17(14-18)28-4/h5-7,14H,8-13,15H2,1-4H3. The fraction of sp³-hybridized carbons (Fsp3) is 0.619. The van der Waals surface area contributed by atoms with E-state index in [2.05, 4.69) is 0 Å². The van der Waals surface area contributed by atoms with Crippen LogP contribution in [0.25, 0.3) is 0 Å². The Bertz CT molecular complexity index is 919. The number of likely N-dealkylation sites (tertiary alicyclic amines) is 1. The van der Waals surface area contributed by atoms with Gasteiger partial charge in [-0.15, -0.1) is 0 Å². The van der Waals surface area contributed by atoms with Gasteiger partial charge in [-0.2, -0.15) is 4.31 Å². The van der Waals surface area contributed by atoms with Gasteiger partial charge < -0.3 is 14.4 Å². The number of carbonyl (C=O) groups excluding carboxylic acids is 2. The summed E-state index contributed by atoms with van der Waals surface area (Å²) >= 11 is 0. The van der Waals surface area contributed by atoms with Gasteiger partial charge >= 0.3 is 5.97 Å². The topological polar surface area (TPSA) is 93.2 Å². The summed E-state index contributed by atoms with van der Waals surface area (Å²) in [5.41, 5.74) is -1.30. The Labute approximate surface area is 178 Å². The molecule has 0 radical (unpaired) electrons. The van der Waals surface area contributed by atoms with Crippen molar-refractivity contribution in [3.05, 3.63) is 24.3 Å². The van der Waals surface area contributed by atoms with Crippen LogP contribution in [0.4, 0.5) is 0 Å². The molecule has 0 bridgehead atoms. The number of hydrogen-bond acceptors (Lipinski definition) is 6. The van der Waals surface area contributed by atoms with Gasteiger partial charge in [-0.25, -0.2) is 8.42 Å². The van der Waals surface area contributed by atoms with Crippen LogP contribution in [-0.2, 0) is 24.3 Å². The zero-order chi connectivity index (χ0) is 22.2. The minimum absolute atomic E-state index is 0.0949. The number of esters is 1. The lowest BCUT2D eigenvalue weighted by Gasteiger charge is -2.39. The average Bonchev–Trinajstić information content (AvgIpc) is 3.10. The number of benzene rings is 1. The van der Waals surface area contributed by atoms with Crippen molar-refractivity contribution in [1.29, 1.82) is 0 Å². The molecule has 2 aliphatic rings. The molecule has 2 saturated heterocycles. The number of carbonyl (C=O) groups is 2. The van der Waals surface area contributed by atoms with Gasteiger partial charge in [-0.1, -0.05) is 6.07 Å². The number of rotatable bonds is 5. The molecule has 166 valence electrons. The van der Waals surface area contributed by atoms with Crippen LogP contribution in [-0.4, -0.2) is 68.4 Å². The predicted octanol–water partition coefficient (Wildman–Crippen LogP) is 2.04. The first kappa shape index (κ1) is 22.6. The van der Waals surface area contributed by atoms with E-state index in [-0.39, 0.29) is 16.2 Å². The van der Waals surface area contributed by atoms with Crippen LogP contribution in [0.5, 0.6) is 5.75 Å². The SMILES string of the molecule is COc1cccc(S(=O)(=O)N2CCC3(CCN(C(=O)C(C)(C)OC(C)=O)C3)CC2)c1. The Morgan fingerprint density at radius 2 is 1.73 bits per heavy atom. The van der Waals surface area contributed by atoms with Crippen molar-refractivity contribution in [2.75, 3.05) is 33.3 Å². The molecule has 0 saturated carbocycles. The Morgan fingerprint density at radius 3 is 2.33 bits per heavy atom. The fourth-order valence-corrected chi connectivity index (χ4v) is 5.89. The smallest absolute Gasteiger partial charge is 0.303 e. The minimum atomic E-state index is -3.59. The van der Waals surface area contributed by atoms with Crippen molar-refractivity contribution in [2.45, 2.75) is 50.5 Å². The van der Waals surface area contributed by atoms with Crippen molar-refractivity contribution in [1.82, 2.24) is 9.21 Å². The predicted molar refractivity (Wildman–Crippen MR) is 110 cm³/mol. The largest absolute Gasteiger partial charge is 0.497 e. The van der Waals surface area contributed by atoms with Crippen LogP contribution in [0, 0.1) is 5.41 Å². The van der Waals surface area contributed by atoms with Gasteiger partial charge in [0.1, 0.15) is 5.75 Å². The van der Waals surface area contributed by atoms with Crippen LogP contribution < -0.4 is 4.74 Å². The zero-order valence-electron chi connectivity index (χ0n) is 18.0. The van der Waals surface area contributed by atoms with E-state index >= 15 is 0 Å². The van der Waals surface area contributed by atoms with Crippen LogP contribution >= 0.6 is 0 Å². The summed E-state index contributed by atoms with van der Waals surface area (Å²) in [4.78, 5) is 26.1. The number of piperidine rings is 1. The monoisotopic (exact) mass is 438 g/mol. The Hall–Kier alpha value is -2.13. The second-order valence-corrected chi connectivity index (χ2v) is 10.6. The maximum Gasteiger partial charge on any atom is 0.303 e. The van der Waals surface area contributed by atoms with Gasteiger partial charge in [0.05, 0.1) is 12.0 Å². The summed E-state index contributed by atoms with van der Waals surface area (Å²) in [7, 11) is -2.09. The maximum atomic E-state index is 13.0. The first-order chi connectivity index (χ1) is 14.0. The Balaban J connectivity index is 1.65. The van der Waals surface area contributed by atoms with Gasteiger partial charge in [-0.3, -0.25) is 9.59 Å². The number of sulfonamides is 1. The van der Waals surface area contributed by atoms with Gasteiger partial charge in [0.2, 0.25) is 10.0 Å². The lowest BCUT2D eigenvalue weighted by Crippen LogP contribution is -2.49. The fourth-order valence-electron chi connectivity index (χ4n) is 4.41. The van der Waals surface area contributed by atoms with E-state index in [0.717, 1.165) is 6.42 Å². The van der Waals surface area contributed by atoms with Crippen LogP contribution in [0.2, 0.25) is 0 Å². The van der Waals surface area contributed by atoms with Gasteiger partial charge in [0, 0.05) is 39.2 Å². The molecule has 2 heterocycles. The summed E-state index contributed by atoms with van der Waals surface area (Å²) in [5, 5.41) is 0. The molecule has 30 heavy (non-hydrogen) atoms. The molecule has 1 amide bonds. The summed E-state index contributed by atoms with van der Waals surface area (Å²) in [6.07, 6.45) is 2.20. The molecule has 2 fully saturated rings. The molecule has 0 aliphatic carbocycles. The highest BCUT2D eigenvalue weighted by Crippen LogP contribution is 2.42. The van der Waals surface area contributed by atoms with E-state index in [1.807, 2.05) is 0 Å². The van der Waals surface area contributed by atoms with E-state index in [9.17, 15) is 18.0 Å². The van der Waals surface area contributed by atoms with E-state index in [0.29, 0.717) is 44.8 Å². The lowest BCUT2D eigenvalue weighted by atomic mass is 9.78. The van der Waals surface area contributed by atoms with Crippen LogP contribution in [0.3, 0.4) is 0 Å². The number of amides is 1. The quantitative estimate of drug-likeness (QED) is 0.653. The average molecular weight is 439 g/mol. The molecule has 0 N–H and O–H groups in total. The van der Waals surface area contributed by atoms with Crippen molar-refractivity contribution in [3.63, 3.8) is 0 Å². The van der Waals surface area contributed by atoms with Gasteiger partial charge in [-0.05, 0) is 50.7 Å². The summed E-state index contributed by atoms with van der Waals surface area (Å²) in [5.74, 6) is -0.191.